The molecule has 4 heteroatoms. The van der Waals surface area contributed by atoms with Gasteiger partial charge in [-0.15, -0.1) is 0 Å². The van der Waals surface area contributed by atoms with Crippen LogP contribution in [0.4, 0.5) is 8.78 Å². The lowest BCUT2D eigenvalue weighted by Gasteiger charge is -2.17. The number of ether oxygens (including phenoxy) is 1. The summed E-state index contributed by atoms with van der Waals surface area (Å²) in [4.78, 5) is 0. The summed E-state index contributed by atoms with van der Waals surface area (Å²) < 4.78 is 29.3. The minimum Gasteiger partial charge on any atom is -0.434 e. The second-order valence-electron chi connectivity index (χ2n) is 4.90. The quantitative estimate of drug-likeness (QED) is 0.870. The van der Waals surface area contributed by atoms with Crippen LogP contribution in [-0.4, -0.2) is 6.61 Å². The van der Waals surface area contributed by atoms with E-state index in [0.29, 0.717) is 12.0 Å². The average Bonchev–Trinajstić information content (AvgIpc) is 2.48. The fourth-order valence-electron chi connectivity index (χ4n) is 2.27. The zero-order valence-electron chi connectivity index (χ0n) is 11.9. The van der Waals surface area contributed by atoms with Crippen LogP contribution in [-0.2, 0) is 12.8 Å². The van der Waals surface area contributed by atoms with E-state index in [0.717, 1.165) is 12.0 Å². The predicted octanol–water partition coefficient (Wildman–Crippen LogP) is 4.09. The van der Waals surface area contributed by atoms with Crippen LogP contribution in [0.2, 0.25) is 0 Å². The molecule has 2 aromatic rings. The lowest BCUT2D eigenvalue weighted by Crippen LogP contribution is -2.16. The van der Waals surface area contributed by atoms with Crippen LogP contribution in [0.3, 0.4) is 0 Å². The monoisotopic (exact) mass is 291 g/mol. The Hall–Kier alpha value is -1.94. The third kappa shape index (κ3) is 4.26. The average molecular weight is 291 g/mol. The topological polar surface area (TPSA) is 35.2 Å². The van der Waals surface area contributed by atoms with E-state index in [9.17, 15) is 8.78 Å². The van der Waals surface area contributed by atoms with Gasteiger partial charge in [0.2, 0.25) is 0 Å². The highest BCUT2D eigenvalue weighted by Crippen LogP contribution is 2.27. The summed E-state index contributed by atoms with van der Waals surface area (Å²) >= 11 is 0. The maximum Gasteiger partial charge on any atom is 0.387 e. The van der Waals surface area contributed by atoms with Crippen LogP contribution >= 0.6 is 0 Å². The van der Waals surface area contributed by atoms with Crippen molar-refractivity contribution in [1.82, 2.24) is 0 Å². The summed E-state index contributed by atoms with van der Waals surface area (Å²) in [5.74, 6) is 0.144. The smallest absolute Gasteiger partial charge is 0.387 e. The van der Waals surface area contributed by atoms with Crippen LogP contribution in [0.15, 0.2) is 48.5 Å². The molecule has 0 saturated heterocycles. The Labute approximate surface area is 123 Å². The first-order valence-corrected chi connectivity index (χ1v) is 6.97. The molecule has 0 aliphatic heterocycles. The summed E-state index contributed by atoms with van der Waals surface area (Å²) in [5.41, 5.74) is 9.08. The summed E-state index contributed by atoms with van der Waals surface area (Å²) in [7, 11) is 0. The lowest BCUT2D eigenvalue weighted by molar-refractivity contribution is -0.0506. The molecule has 0 amide bonds. The van der Waals surface area contributed by atoms with Gasteiger partial charge in [-0.3, -0.25) is 0 Å². The summed E-state index contributed by atoms with van der Waals surface area (Å²) in [6.45, 7) is -0.749. The number of hydrogen-bond donors (Lipinski definition) is 1. The highest BCUT2D eigenvalue weighted by atomic mass is 19.3. The number of para-hydroxylation sites is 1. The Morgan fingerprint density at radius 1 is 1.00 bits per heavy atom. The van der Waals surface area contributed by atoms with Gasteiger partial charge in [-0.05, 0) is 30.0 Å². The van der Waals surface area contributed by atoms with Crippen LogP contribution in [0.25, 0.3) is 0 Å². The second-order valence-corrected chi connectivity index (χ2v) is 4.90. The molecule has 21 heavy (non-hydrogen) atoms. The number of halogens is 2. The Kier molecular flexibility index (Phi) is 5.28. The third-order valence-electron chi connectivity index (χ3n) is 3.42. The zero-order chi connectivity index (χ0) is 15.2. The van der Waals surface area contributed by atoms with Crippen molar-refractivity contribution in [3.05, 3.63) is 65.2 Å². The largest absolute Gasteiger partial charge is 0.434 e. The SMILES string of the molecule is CCc1ccc(CC(N)c2ccccc2OC(F)F)cc1. The van der Waals surface area contributed by atoms with E-state index in [4.69, 9.17) is 5.73 Å². The van der Waals surface area contributed by atoms with Gasteiger partial charge < -0.3 is 10.5 Å². The second kappa shape index (κ2) is 7.18. The molecule has 0 aliphatic rings. The fourth-order valence-corrected chi connectivity index (χ4v) is 2.27. The maximum absolute atomic E-state index is 12.4. The molecular formula is C17H19F2NO. The van der Waals surface area contributed by atoms with Crippen molar-refractivity contribution in [3.63, 3.8) is 0 Å². The van der Waals surface area contributed by atoms with Crippen molar-refractivity contribution in [2.75, 3.05) is 0 Å². The van der Waals surface area contributed by atoms with Gasteiger partial charge in [0, 0.05) is 11.6 Å². The first kappa shape index (κ1) is 15.4. The number of alkyl halides is 2. The molecule has 2 aromatic carbocycles. The predicted molar refractivity (Wildman–Crippen MR) is 79.5 cm³/mol. The molecule has 1 atom stereocenters. The molecule has 0 aromatic heterocycles. The normalized spacial score (nSPS) is 12.4. The molecule has 1 unspecified atom stereocenters. The minimum absolute atomic E-state index is 0.144. The molecule has 112 valence electrons. The number of aryl methyl sites for hydroxylation is 1. The van der Waals surface area contributed by atoms with Crippen LogP contribution in [0, 0.1) is 0 Å². The van der Waals surface area contributed by atoms with Crippen LogP contribution < -0.4 is 10.5 Å². The Balaban J connectivity index is 2.13. The number of hydrogen-bond acceptors (Lipinski definition) is 2. The van der Waals surface area contributed by atoms with Gasteiger partial charge in [0.05, 0.1) is 0 Å². The van der Waals surface area contributed by atoms with E-state index >= 15 is 0 Å². The Morgan fingerprint density at radius 2 is 1.62 bits per heavy atom. The molecule has 2 N–H and O–H groups in total. The lowest BCUT2D eigenvalue weighted by atomic mass is 9.98. The van der Waals surface area contributed by atoms with Gasteiger partial charge in [0.1, 0.15) is 5.75 Å². The van der Waals surface area contributed by atoms with Gasteiger partial charge >= 0.3 is 6.61 Å². The van der Waals surface area contributed by atoms with Crippen molar-refractivity contribution < 1.29 is 13.5 Å². The molecular weight excluding hydrogens is 272 g/mol. The van der Waals surface area contributed by atoms with E-state index < -0.39 is 6.61 Å². The highest BCUT2D eigenvalue weighted by Gasteiger charge is 2.15. The molecule has 0 spiro atoms. The van der Waals surface area contributed by atoms with Crippen LogP contribution in [0.1, 0.15) is 29.7 Å². The minimum atomic E-state index is -2.85. The zero-order valence-corrected chi connectivity index (χ0v) is 11.9. The van der Waals surface area contributed by atoms with E-state index in [1.165, 1.54) is 11.6 Å². The number of benzene rings is 2. The van der Waals surface area contributed by atoms with Gasteiger partial charge in [-0.25, -0.2) is 0 Å². The Morgan fingerprint density at radius 3 is 2.24 bits per heavy atom. The van der Waals surface area contributed by atoms with Crippen molar-refractivity contribution in [2.45, 2.75) is 32.4 Å². The van der Waals surface area contributed by atoms with E-state index in [2.05, 4.69) is 23.8 Å². The molecule has 2 rings (SSSR count). The highest BCUT2D eigenvalue weighted by molar-refractivity contribution is 5.37. The van der Waals surface area contributed by atoms with Gasteiger partial charge in [-0.2, -0.15) is 8.78 Å². The summed E-state index contributed by atoms with van der Waals surface area (Å²) in [5, 5.41) is 0. The fraction of sp³-hybridized carbons (Fsp3) is 0.294. The molecule has 0 bridgehead atoms. The van der Waals surface area contributed by atoms with Gasteiger partial charge in [0.15, 0.2) is 0 Å². The summed E-state index contributed by atoms with van der Waals surface area (Å²) in [6, 6.07) is 14.5. The van der Waals surface area contributed by atoms with E-state index in [-0.39, 0.29) is 11.8 Å². The standard InChI is InChI=1S/C17H19F2NO/c1-2-12-7-9-13(10-8-12)11-15(20)14-5-3-4-6-16(14)21-17(18)19/h3-10,15,17H,2,11,20H2,1H3. The molecule has 0 radical (unpaired) electrons. The van der Waals surface area contributed by atoms with Gasteiger partial charge in [0.25, 0.3) is 0 Å². The van der Waals surface area contributed by atoms with E-state index in [1.807, 2.05) is 12.1 Å². The first-order chi connectivity index (χ1) is 10.1. The van der Waals surface area contributed by atoms with Gasteiger partial charge in [-0.1, -0.05) is 49.4 Å². The number of rotatable bonds is 6. The molecule has 0 fully saturated rings. The van der Waals surface area contributed by atoms with Crippen molar-refractivity contribution in [3.8, 4) is 5.75 Å². The van der Waals surface area contributed by atoms with Crippen molar-refractivity contribution in [2.24, 2.45) is 5.73 Å². The van der Waals surface area contributed by atoms with Crippen molar-refractivity contribution in [1.29, 1.82) is 0 Å². The number of nitrogens with two attached hydrogens (primary N) is 1. The molecule has 0 heterocycles. The third-order valence-corrected chi connectivity index (χ3v) is 3.42. The molecule has 2 nitrogen and oxygen atoms in total. The van der Waals surface area contributed by atoms with Crippen molar-refractivity contribution >= 4 is 0 Å². The maximum atomic E-state index is 12.4. The van der Waals surface area contributed by atoms with Crippen LogP contribution in [0.5, 0.6) is 5.75 Å². The first-order valence-electron chi connectivity index (χ1n) is 6.97. The molecule has 0 aliphatic carbocycles. The summed E-state index contributed by atoms with van der Waals surface area (Å²) in [6.07, 6.45) is 1.56. The van der Waals surface area contributed by atoms with E-state index in [1.54, 1.807) is 18.2 Å². The molecule has 0 saturated carbocycles. The Bertz CT molecular complexity index is 569.